The Bertz CT molecular complexity index is 329. The first-order chi connectivity index (χ1) is 7.27. The summed E-state index contributed by atoms with van der Waals surface area (Å²) >= 11 is 2.06. The van der Waals surface area contributed by atoms with Crippen LogP contribution in [-0.2, 0) is 5.41 Å². The van der Waals surface area contributed by atoms with Gasteiger partial charge in [-0.1, -0.05) is 29.8 Å². The molecule has 0 aromatic heterocycles. The summed E-state index contributed by atoms with van der Waals surface area (Å²) in [6, 6.07) is 8.87. The van der Waals surface area contributed by atoms with E-state index in [4.69, 9.17) is 5.73 Å². The fraction of sp³-hybridized carbons (Fsp3) is 0.538. The Hall–Kier alpha value is -0.470. The van der Waals surface area contributed by atoms with Crippen molar-refractivity contribution >= 4 is 11.8 Å². The Morgan fingerprint density at radius 2 is 2.07 bits per heavy atom. The molecule has 0 atom stereocenters. The van der Waals surface area contributed by atoms with Gasteiger partial charge in [0.25, 0.3) is 0 Å². The normalized spacial score (nSPS) is 20.1. The fourth-order valence-corrected chi connectivity index (χ4v) is 3.62. The number of aryl methyl sites for hydroxylation is 1. The third-order valence-corrected chi connectivity index (χ3v) is 4.46. The van der Waals surface area contributed by atoms with Crippen LogP contribution < -0.4 is 5.73 Å². The van der Waals surface area contributed by atoms with Gasteiger partial charge in [-0.25, -0.2) is 0 Å². The molecule has 15 heavy (non-hydrogen) atoms. The maximum atomic E-state index is 6.01. The highest BCUT2D eigenvalue weighted by atomic mass is 32.2. The predicted octanol–water partition coefficient (Wildman–Crippen LogP) is 2.72. The Kier molecular flexibility index (Phi) is 3.37. The molecular weight excluding hydrogens is 202 g/mol. The van der Waals surface area contributed by atoms with Gasteiger partial charge < -0.3 is 5.73 Å². The van der Waals surface area contributed by atoms with Crippen LogP contribution in [0.2, 0.25) is 0 Å². The molecule has 0 unspecified atom stereocenters. The molecule has 0 saturated carbocycles. The highest BCUT2D eigenvalue weighted by Gasteiger charge is 2.32. The van der Waals surface area contributed by atoms with E-state index in [0.29, 0.717) is 0 Å². The van der Waals surface area contributed by atoms with Crippen molar-refractivity contribution in [2.45, 2.75) is 25.2 Å². The van der Waals surface area contributed by atoms with Crippen LogP contribution in [0.5, 0.6) is 0 Å². The first-order valence-electron chi connectivity index (χ1n) is 5.62. The average Bonchev–Trinajstić information content (AvgIpc) is 2.30. The molecule has 2 heteroatoms. The first kappa shape index (κ1) is 11.0. The second-order valence-electron chi connectivity index (χ2n) is 4.47. The fourth-order valence-electron chi connectivity index (χ4n) is 2.35. The van der Waals surface area contributed by atoms with Crippen molar-refractivity contribution in [3.63, 3.8) is 0 Å². The van der Waals surface area contributed by atoms with Crippen LogP contribution in [0, 0.1) is 6.92 Å². The van der Waals surface area contributed by atoms with Gasteiger partial charge in [0.05, 0.1) is 0 Å². The standard InChI is InChI=1S/C13H19NS/c1-11-3-2-4-12(9-11)13(10-14)5-7-15-8-6-13/h2-4,9H,5-8,10,14H2,1H3. The lowest BCUT2D eigenvalue weighted by Gasteiger charge is -2.36. The highest BCUT2D eigenvalue weighted by molar-refractivity contribution is 7.99. The molecule has 2 rings (SSSR count). The van der Waals surface area contributed by atoms with Gasteiger partial charge in [-0.05, 0) is 36.8 Å². The molecule has 1 aliphatic rings. The molecule has 0 radical (unpaired) electrons. The summed E-state index contributed by atoms with van der Waals surface area (Å²) in [5, 5.41) is 0. The van der Waals surface area contributed by atoms with Crippen molar-refractivity contribution in [3.05, 3.63) is 35.4 Å². The van der Waals surface area contributed by atoms with Gasteiger partial charge in [-0.3, -0.25) is 0 Å². The minimum absolute atomic E-state index is 0.261. The second-order valence-corrected chi connectivity index (χ2v) is 5.69. The molecule has 0 spiro atoms. The number of thioether (sulfide) groups is 1. The number of hydrogen-bond donors (Lipinski definition) is 1. The minimum atomic E-state index is 0.261. The zero-order valence-electron chi connectivity index (χ0n) is 9.33. The SMILES string of the molecule is Cc1cccc(C2(CN)CCSCC2)c1. The van der Waals surface area contributed by atoms with Crippen LogP contribution in [0.15, 0.2) is 24.3 Å². The van der Waals surface area contributed by atoms with E-state index in [2.05, 4.69) is 43.0 Å². The monoisotopic (exact) mass is 221 g/mol. The molecule has 0 bridgehead atoms. The zero-order chi connectivity index (χ0) is 10.7. The van der Waals surface area contributed by atoms with Crippen molar-refractivity contribution in [1.82, 2.24) is 0 Å². The highest BCUT2D eigenvalue weighted by Crippen LogP contribution is 2.37. The van der Waals surface area contributed by atoms with Crippen LogP contribution in [-0.4, -0.2) is 18.1 Å². The summed E-state index contributed by atoms with van der Waals surface area (Å²) in [7, 11) is 0. The van der Waals surface area contributed by atoms with Gasteiger partial charge in [0.2, 0.25) is 0 Å². The predicted molar refractivity (Wildman–Crippen MR) is 68.5 cm³/mol. The molecule has 82 valence electrons. The molecule has 1 nitrogen and oxygen atoms in total. The molecule has 1 fully saturated rings. The molecule has 1 aromatic rings. The molecule has 0 aliphatic carbocycles. The topological polar surface area (TPSA) is 26.0 Å². The Balaban J connectivity index is 2.32. The second kappa shape index (κ2) is 4.58. The van der Waals surface area contributed by atoms with E-state index in [1.54, 1.807) is 0 Å². The van der Waals surface area contributed by atoms with Crippen molar-refractivity contribution in [2.75, 3.05) is 18.1 Å². The molecule has 1 heterocycles. The quantitative estimate of drug-likeness (QED) is 0.831. The summed E-state index contributed by atoms with van der Waals surface area (Å²) in [4.78, 5) is 0. The Morgan fingerprint density at radius 3 is 2.67 bits per heavy atom. The summed E-state index contributed by atoms with van der Waals surface area (Å²) < 4.78 is 0. The molecular formula is C13H19NS. The largest absolute Gasteiger partial charge is 0.330 e. The van der Waals surface area contributed by atoms with Gasteiger partial charge in [0, 0.05) is 12.0 Å². The summed E-state index contributed by atoms with van der Waals surface area (Å²) in [6.45, 7) is 2.95. The zero-order valence-corrected chi connectivity index (χ0v) is 10.1. The van der Waals surface area contributed by atoms with Crippen LogP contribution in [0.3, 0.4) is 0 Å². The lowest BCUT2D eigenvalue weighted by molar-refractivity contribution is 0.405. The lowest BCUT2D eigenvalue weighted by atomic mass is 9.75. The van der Waals surface area contributed by atoms with E-state index >= 15 is 0 Å². The summed E-state index contributed by atoms with van der Waals surface area (Å²) in [5.41, 5.74) is 9.07. The van der Waals surface area contributed by atoms with Gasteiger partial charge >= 0.3 is 0 Å². The maximum absolute atomic E-state index is 6.01. The molecule has 1 saturated heterocycles. The number of rotatable bonds is 2. The number of benzene rings is 1. The smallest absolute Gasteiger partial charge is 0.00913 e. The van der Waals surface area contributed by atoms with Crippen molar-refractivity contribution < 1.29 is 0 Å². The Morgan fingerprint density at radius 1 is 1.33 bits per heavy atom. The maximum Gasteiger partial charge on any atom is 0.00913 e. The average molecular weight is 221 g/mol. The molecule has 2 N–H and O–H groups in total. The first-order valence-corrected chi connectivity index (χ1v) is 6.77. The molecule has 1 aliphatic heterocycles. The Labute approximate surface area is 96.4 Å². The van der Waals surface area contributed by atoms with E-state index in [0.717, 1.165) is 6.54 Å². The summed E-state index contributed by atoms with van der Waals surface area (Å²) in [5.74, 6) is 2.51. The van der Waals surface area contributed by atoms with E-state index < -0.39 is 0 Å². The number of hydrogen-bond acceptors (Lipinski definition) is 2. The van der Waals surface area contributed by atoms with Crippen LogP contribution in [0.4, 0.5) is 0 Å². The van der Waals surface area contributed by atoms with Crippen molar-refractivity contribution in [3.8, 4) is 0 Å². The van der Waals surface area contributed by atoms with E-state index in [1.807, 2.05) is 0 Å². The van der Waals surface area contributed by atoms with E-state index in [-0.39, 0.29) is 5.41 Å². The van der Waals surface area contributed by atoms with Crippen LogP contribution >= 0.6 is 11.8 Å². The third-order valence-electron chi connectivity index (χ3n) is 3.47. The van der Waals surface area contributed by atoms with E-state index in [1.165, 1.54) is 35.5 Å². The summed E-state index contributed by atoms with van der Waals surface area (Å²) in [6.07, 6.45) is 2.47. The van der Waals surface area contributed by atoms with Crippen molar-refractivity contribution in [2.24, 2.45) is 5.73 Å². The van der Waals surface area contributed by atoms with E-state index in [9.17, 15) is 0 Å². The number of nitrogens with two attached hydrogens (primary N) is 1. The van der Waals surface area contributed by atoms with Gasteiger partial charge in [0.1, 0.15) is 0 Å². The van der Waals surface area contributed by atoms with Crippen LogP contribution in [0.1, 0.15) is 24.0 Å². The van der Waals surface area contributed by atoms with Gasteiger partial charge in [-0.15, -0.1) is 0 Å². The van der Waals surface area contributed by atoms with Crippen molar-refractivity contribution in [1.29, 1.82) is 0 Å². The van der Waals surface area contributed by atoms with Crippen LogP contribution in [0.25, 0.3) is 0 Å². The lowest BCUT2D eigenvalue weighted by Crippen LogP contribution is -2.38. The molecule has 1 aromatic carbocycles. The molecule has 0 amide bonds. The van der Waals surface area contributed by atoms with Gasteiger partial charge in [-0.2, -0.15) is 11.8 Å². The van der Waals surface area contributed by atoms with Gasteiger partial charge in [0.15, 0.2) is 0 Å². The minimum Gasteiger partial charge on any atom is -0.330 e. The third kappa shape index (κ3) is 2.21.